The van der Waals surface area contributed by atoms with Crippen molar-refractivity contribution in [2.45, 2.75) is 18.6 Å². The number of nitrogens with zero attached hydrogens (tertiary/aromatic N) is 1. The second-order valence-electron chi connectivity index (χ2n) is 6.19. The number of aromatic nitrogens is 2. The van der Waals surface area contributed by atoms with Crippen LogP contribution in [-0.4, -0.2) is 27.7 Å². The highest BCUT2D eigenvalue weighted by molar-refractivity contribution is 8.01. The molecule has 1 unspecified atom stereocenters. The van der Waals surface area contributed by atoms with E-state index in [1.807, 2.05) is 48.2 Å². The number of carbonyl (C=O) groups is 1. The normalized spacial score (nSPS) is 20.2. The average Bonchev–Trinajstić information content (AvgIpc) is 3.14. The van der Waals surface area contributed by atoms with Gasteiger partial charge in [0.25, 0.3) is 0 Å². The van der Waals surface area contributed by atoms with Crippen molar-refractivity contribution < 1.29 is 4.79 Å². The summed E-state index contributed by atoms with van der Waals surface area (Å²) in [5, 5.41) is 7.12. The SMILES string of the molecule is O=C(NCc1ccc2nc[nH]c2c1)[C@@H]1[CH]SCC(c2ccc(Cl)cc2)N1. The Morgan fingerprint density at radius 2 is 2.12 bits per heavy atom. The zero-order chi connectivity index (χ0) is 17.9. The minimum atomic E-state index is -0.328. The molecule has 0 bridgehead atoms. The number of amides is 1. The average molecular weight is 386 g/mol. The first-order valence-corrected chi connectivity index (χ1v) is 9.78. The lowest BCUT2D eigenvalue weighted by Crippen LogP contribution is -2.48. The quantitative estimate of drug-likeness (QED) is 0.643. The van der Waals surface area contributed by atoms with Gasteiger partial charge in [-0.3, -0.25) is 10.1 Å². The van der Waals surface area contributed by atoms with Gasteiger partial charge in [-0.2, -0.15) is 11.8 Å². The van der Waals surface area contributed by atoms with Crippen LogP contribution in [0.2, 0.25) is 5.02 Å². The summed E-state index contributed by atoms with van der Waals surface area (Å²) in [6, 6.07) is 13.5. The molecule has 133 valence electrons. The van der Waals surface area contributed by atoms with E-state index >= 15 is 0 Å². The smallest absolute Gasteiger partial charge is 0.238 e. The van der Waals surface area contributed by atoms with Crippen LogP contribution in [0.4, 0.5) is 0 Å². The third-order valence-corrected chi connectivity index (χ3v) is 5.62. The number of hydrogen-bond acceptors (Lipinski definition) is 4. The van der Waals surface area contributed by atoms with Crippen LogP contribution < -0.4 is 10.6 Å². The van der Waals surface area contributed by atoms with Gasteiger partial charge in [0.1, 0.15) is 6.04 Å². The Balaban J connectivity index is 1.37. The van der Waals surface area contributed by atoms with E-state index < -0.39 is 0 Å². The molecule has 1 fully saturated rings. The van der Waals surface area contributed by atoms with E-state index in [-0.39, 0.29) is 18.0 Å². The number of aromatic amines is 1. The molecule has 1 aliphatic rings. The lowest BCUT2D eigenvalue weighted by Gasteiger charge is -2.30. The molecule has 3 N–H and O–H groups in total. The Bertz CT molecular complexity index is 911. The van der Waals surface area contributed by atoms with Gasteiger partial charge in [0, 0.05) is 29.1 Å². The standard InChI is InChI=1S/C19H18ClN4OS/c20-14-4-2-13(3-5-14)17-9-26-10-18(24-17)19(25)21-8-12-1-6-15-16(7-12)23-11-22-15/h1-7,10-11,17-18,24H,8-9H2,(H,21,25)(H,22,23)/t17?,18-/m0/s1. The van der Waals surface area contributed by atoms with Gasteiger partial charge in [0.15, 0.2) is 0 Å². The van der Waals surface area contributed by atoms with E-state index in [1.165, 1.54) is 0 Å². The number of benzene rings is 2. The third-order valence-electron chi connectivity index (χ3n) is 4.38. The highest BCUT2D eigenvalue weighted by Gasteiger charge is 2.27. The monoisotopic (exact) mass is 385 g/mol. The van der Waals surface area contributed by atoms with Crippen molar-refractivity contribution in [2.75, 3.05) is 5.75 Å². The van der Waals surface area contributed by atoms with Crippen LogP contribution in [-0.2, 0) is 11.3 Å². The van der Waals surface area contributed by atoms with Gasteiger partial charge in [0.2, 0.25) is 5.91 Å². The molecule has 3 aromatic rings. The molecular weight excluding hydrogens is 368 g/mol. The van der Waals surface area contributed by atoms with E-state index in [0.717, 1.165) is 27.9 Å². The molecule has 5 nitrogen and oxygen atoms in total. The summed E-state index contributed by atoms with van der Waals surface area (Å²) in [6.45, 7) is 0.482. The van der Waals surface area contributed by atoms with Gasteiger partial charge >= 0.3 is 0 Å². The van der Waals surface area contributed by atoms with E-state index in [1.54, 1.807) is 18.1 Å². The van der Waals surface area contributed by atoms with Crippen LogP contribution in [0.3, 0.4) is 0 Å². The van der Waals surface area contributed by atoms with Crippen LogP contribution in [0, 0.1) is 5.75 Å². The fourth-order valence-electron chi connectivity index (χ4n) is 2.97. The number of fused-ring (bicyclic) bond motifs is 1. The minimum absolute atomic E-state index is 0.0270. The van der Waals surface area contributed by atoms with Gasteiger partial charge in [-0.1, -0.05) is 29.8 Å². The third kappa shape index (κ3) is 3.87. The Kier molecular flexibility index (Phi) is 5.15. The highest BCUT2D eigenvalue weighted by atomic mass is 35.5. The molecule has 1 radical (unpaired) electrons. The first-order chi connectivity index (χ1) is 12.7. The molecule has 26 heavy (non-hydrogen) atoms. The molecule has 1 aliphatic heterocycles. The van der Waals surface area contributed by atoms with E-state index in [0.29, 0.717) is 11.6 Å². The maximum absolute atomic E-state index is 12.6. The summed E-state index contributed by atoms with van der Waals surface area (Å²) in [4.78, 5) is 19.8. The molecule has 1 saturated heterocycles. The summed E-state index contributed by atoms with van der Waals surface area (Å²) in [6.07, 6.45) is 1.67. The number of carbonyl (C=O) groups excluding carboxylic acids is 1. The largest absolute Gasteiger partial charge is 0.351 e. The molecule has 2 atom stereocenters. The fraction of sp³-hybridized carbons (Fsp3) is 0.211. The van der Waals surface area contributed by atoms with Crippen LogP contribution in [0.5, 0.6) is 0 Å². The van der Waals surface area contributed by atoms with Crippen LogP contribution in [0.1, 0.15) is 17.2 Å². The number of thioether (sulfide) groups is 1. The molecule has 2 aromatic carbocycles. The number of H-pyrrole nitrogens is 1. The van der Waals surface area contributed by atoms with Crippen molar-refractivity contribution in [1.29, 1.82) is 0 Å². The second-order valence-corrected chi connectivity index (χ2v) is 7.57. The molecular formula is C19H18ClN4OS. The zero-order valence-corrected chi connectivity index (χ0v) is 15.5. The van der Waals surface area contributed by atoms with Crippen molar-refractivity contribution in [2.24, 2.45) is 0 Å². The molecule has 1 aromatic heterocycles. The van der Waals surface area contributed by atoms with Crippen LogP contribution in [0.25, 0.3) is 11.0 Å². The van der Waals surface area contributed by atoms with Gasteiger partial charge in [0.05, 0.1) is 17.4 Å². The zero-order valence-electron chi connectivity index (χ0n) is 13.9. The van der Waals surface area contributed by atoms with Crippen molar-refractivity contribution >= 4 is 40.3 Å². The predicted molar refractivity (Wildman–Crippen MR) is 106 cm³/mol. The van der Waals surface area contributed by atoms with Crippen molar-refractivity contribution in [3.63, 3.8) is 0 Å². The minimum Gasteiger partial charge on any atom is -0.351 e. The first kappa shape index (κ1) is 17.4. The number of imidazole rings is 1. The number of hydrogen-bond donors (Lipinski definition) is 3. The molecule has 7 heteroatoms. The molecule has 4 rings (SSSR count). The molecule has 0 spiro atoms. The van der Waals surface area contributed by atoms with Crippen molar-refractivity contribution in [3.05, 3.63) is 70.7 Å². The van der Waals surface area contributed by atoms with Gasteiger partial charge in [-0.25, -0.2) is 4.98 Å². The van der Waals surface area contributed by atoms with Crippen LogP contribution in [0.15, 0.2) is 48.8 Å². The summed E-state index contributed by atoms with van der Waals surface area (Å²) < 4.78 is 0. The second kappa shape index (κ2) is 7.70. The molecule has 0 saturated carbocycles. The Labute approximate surface area is 160 Å². The predicted octanol–water partition coefficient (Wildman–Crippen LogP) is 3.44. The van der Waals surface area contributed by atoms with Crippen molar-refractivity contribution in [3.8, 4) is 0 Å². The molecule has 0 aliphatic carbocycles. The number of rotatable bonds is 4. The number of nitrogens with one attached hydrogen (secondary N) is 3. The van der Waals surface area contributed by atoms with Gasteiger partial charge in [-0.15, -0.1) is 0 Å². The summed E-state index contributed by atoms with van der Waals surface area (Å²) >= 11 is 7.62. The lowest BCUT2D eigenvalue weighted by atomic mass is 10.1. The topological polar surface area (TPSA) is 69.8 Å². The Hall–Kier alpha value is -2.02. The van der Waals surface area contributed by atoms with Crippen LogP contribution >= 0.6 is 23.4 Å². The lowest BCUT2D eigenvalue weighted by molar-refractivity contribution is -0.122. The maximum Gasteiger partial charge on any atom is 0.238 e. The Morgan fingerprint density at radius 3 is 2.96 bits per heavy atom. The fourth-order valence-corrected chi connectivity index (χ4v) is 4.08. The van der Waals surface area contributed by atoms with Crippen molar-refractivity contribution in [1.82, 2.24) is 20.6 Å². The maximum atomic E-state index is 12.6. The Morgan fingerprint density at radius 1 is 1.27 bits per heavy atom. The van der Waals surface area contributed by atoms with Gasteiger partial charge < -0.3 is 10.3 Å². The molecule has 2 heterocycles. The first-order valence-electron chi connectivity index (χ1n) is 8.35. The number of halogens is 1. The molecule has 1 amide bonds. The van der Waals surface area contributed by atoms with E-state index in [2.05, 4.69) is 20.6 Å². The highest BCUT2D eigenvalue weighted by Crippen LogP contribution is 2.28. The summed E-state index contributed by atoms with van der Waals surface area (Å²) in [5.74, 6) is 2.82. The van der Waals surface area contributed by atoms with E-state index in [9.17, 15) is 4.79 Å². The summed E-state index contributed by atoms with van der Waals surface area (Å²) in [7, 11) is 0. The summed E-state index contributed by atoms with van der Waals surface area (Å²) in [5.41, 5.74) is 4.06. The van der Waals surface area contributed by atoms with E-state index in [4.69, 9.17) is 11.6 Å². The van der Waals surface area contributed by atoms with Gasteiger partial charge in [-0.05, 0) is 35.4 Å².